The van der Waals surface area contributed by atoms with Gasteiger partial charge in [-0.05, 0) is 44.2 Å². The zero-order chi connectivity index (χ0) is 21.3. The zero-order valence-corrected chi connectivity index (χ0v) is 17.1. The molecule has 2 heterocycles. The SMILES string of the molecule is CC(C)N(C)C(=O)c1ccc(Nc2ncc3c(n2)-c2ccccc2NC(=O)C3)cc1. The van der Waals surface area contributed by atoms with Crippen LogP contribution >= 0.6 is 0 Å². The van der Waals surface area contributed by atoms with Crippen molar-refractivity contribution in [1.29, 1.82) is 0 Å². The summed E-state index contributed by atoms with van der Waals surface area (Å²) in [6.07, 6.45) is 1.91. The lowest BCUT2D eigenvalue weighted by atomic mass is 10.1. The van der Waals surface area contributed by atoms with E-state index in [1.165, 1.54) is 0 Å². The van der Waals surface area contributed by atoms with Crippen molar-refractivity contribution >= 4 is 29.1 Å². The number of fused-ring (bicyclic) bond motifs is 3. The molecule has 7 heteroatoms. The van der Waals surface area contributed by atoms with E-state index in [1.807, 2.05) is 50.2 Å². The Hall–Kier alpha value is -3.74. The summed E-state index contributed by atoms with van der Waals surface area (Å²) in [7, 11) is 1.79. The molecule has 7 nitrogen and oxygen atoms in total. The average Bonchev–Trinajstić information content (AvgIpc) is 2.88. The van der Waals surface area contributed by atoms with Crippen LogP contribution in [0.1, 0.15) is 29.8 Å². The number of hydrogen-bond donors (Lipinski definition) is 2. The highest BCUT2D eigenvalue weighted by Gasteiger charge is 2.20. The van der Waals surface area contributed by atoms with Crippen LogP contribution in [0.2, 0.25) is 0 Å². The standard InChI is InChI=1S/C23H23N5O2/c1-14(2)28(3)22(30)15-8-10-17(11-9-15)25-23-24-13-16-12-20(29)26-19-7-5-4-6-18(19)21(16)27-23/h4-11,13-14H,12H2,1-3H3,(H,26,29)(H,24,25,27). The molecule has 2 aromatic carbocycles. The molecule has 4 rings (SSSR count). The van der Waals surface area contributed by atoms with Gasteiger partial charge < -0.3 is 15.5 Å². The molecule has 0 unspecified atom stereocenters. The van der Waals surface area contributed by atoms with Gasteiger partial charge in [0.25, 0.3) is 5.91 Å². The minimum atomic E-state index is -0.0860. The quantitative estimate of drug-likeness (QED) is 0.693. The van der Waals surface area contributed by atoms with E-state index in [2.05, 4.69) is 20.6 Å². The molecular formula is C23H23N5O2. The van der Waals surface area contributed by atoms with Crippen LogP contribution in [0, 0.1) is 0 Å². The maximum Gasteiger partial charge on any atom is 0.253 e. The fourth-order valence-corrected chi connectivity index (χ4v) is 3.26. The first-order valence-electron chi connectivity index (χ1n) is 9.82. The van der Waals surface area contributed by atoms with Crippen LogP contribution in [-0.2, 0) is 11.2 Å². The Labute approximate surface area is 175 Å². The van der Waals surface area contributed by atoms with Gasteiger partial charge >= 0.3 is 0 Å². The molecule has 152 valence electrons. The summed E-state index contributed by atoms with van der Waals surface area (Å²) in [6.45, 7) is 3.95. The third kappa shape index (κ3) is 3.87. The van der Waals surface area contributed by atoms with Gasteiger partial charge in [0.05, 0.1) is 17.8 Å². The molecule has 0 spiro atoms. The number of hydrogen-bond acceptors (Lipinski definition) is 5. The molecule has 0 atom stereocenters. The van der Waals surface area contributed by atoms with Crippen LogP contribution in [0.4, 0.5) is 17.3 Å². The molecule has 3 aromatic rings. The van der Waals surface area contributed by atoms with E-state index in [4.69, 9.17) is 0 Å². The first-order chi connectivity index (χ1) is 14.4. The van der Waals surface area contributed by atoms with Gasteiger partial charge in [0.2, 0.25) is 11.9 Å². The van der Waals surface area contributed by atoms with Crippen LogP contribution < -0.4 is 10.6 Å². The van der Waals surface area contributed by atoms with Crippen molar-refractivity contribution in [1.82, 2.24) is 14.9 Å². The predicted molar refractivity (Wildman–Crippen MR) is 117 cm³/mol. The molecule has 2 amide bonds. The minimum Gasteiger partial charge on any atom is -0.339 e. The van der Waals surface area contributed by atoms with E-state index in [1.54, 1.807) is 30.3 Å². The van der Waals surface area contributed by atoms with Crippen LogP contribution in [-0.4, -0.2) is 39.8 Å². The van der Waals surface area contributed by atoms with E-state index in [0.29, 0.717) is 11.5 Å². The molecule has 0 fully saturated rings. The predicted octanol–water partition coefficient (Wildman–Crippen LogP) is 3.86. The molecule has 30 heavy (non-hydrogen) atoms. The number of rotatable bonds is 4. The van der Waals surface area contributed by atoms with Crippen LogP contribution in [0.3, 0.4) is 0 Å². The molecule has 1 aromatic heterocycles. The van der Waals surface area contributed by atoms with Gasteiger partial charge in [0, 0.05) is 41.7 Å². The normalized spacial score (nSPS) is 12.5. The largest absolute Gasteiger partial charge is 0.339 e. The number of nitrogens with zero attached hydrogens (tertiary/aromatic N) is 3. The summed E-state index contributed by atoms with van der Waals surface area (Å²) < 4.78 is 0. The molecule has 0 radical (unpaired) electrons. The van der Waals surface area contributed by atoms with E-state index < -0.39 is 0 Å². The minimum absolute atomic E-state index is 0.0217. The second kappa shape index (κ2) is 7.94. The second-order valence-corrected chi connectivity index (χ2v) is 7.55. The monoisotopic (exact) mass is 401 g/mol. The number of benzene rings is 2. The van der Waals surface area contributed by atoms with Crippen molar-refractivity contribution in [3.8, 4) is 11.3 Å². The molecule has 1 aliphatic rings. The molecule has 0 aliphatic carbocycles. The van der Waals surface area contributed by atoms with Gasteiger partial charge in [-0.2, -0.15) is 0 Å². The van der Waals surface area contributed by atoms with Crippen molar-refractivity contribution in [2.45, 2.75) is 26.3 Å². The van der Waals surface area contributed by atoms with E-state index in [-0.39, 0.29) is 24.3 Å². The summed E-state index contributed by atoms with van der Waals surface area (Å²) in [5.41, 5.74) is 4.50. The second-order valence-electron chi connectivity index (χ2n) is 7.55. The van der Waals surface area contributed by atoms with Crippen molar-refractivity contribution in [2.75, 3.05) is 17.7 Å². The summed E-state index contributed by atoms with van der Waals surface area (Å²) in [5, 5.41) is 6.09. The van der Waals surface area contributed by atoms with Crippen LogP contribution in [0.5, 0.6) is 0 Å². The molecular weight excluding hydrogens is 378 g/mol. The summed E-state index contributed by atoms with van der Waals surface area (Å²) in [4.78, 5) is 35.3. The van der Waals surface area contributed by atoms with Crippen molar-refractivity contribution in [2.24, 2.45) is 0 Å². The molecule has 0 saturated carbocycles. The van der Waals surface area contributed by atoms with E-state index in [0.717, 1.165) is 28.2 Å². The Morgan fingerprint density at radius 1 is 1.13 bits per heavy atom. The molecule has 1 aliphatic heterocycles. The van der Waals surface area contributed by atoms with Gasteiger partial charge in [-0.3, -0.25) is 9.59 Å². The fourth-order valence-electron chi connectivity index (χ4n) is 3.26. The van der Waals surface area contributed by atoms with Crippen molar-refractivity contribution in [3.05, 3.63) is 65.9 Å². The first kappa shape index (κ1) is 19.6. The molecule has 0 bridgehead atoms. The summed E-state index contributed by atoms with van der Waals surface area (Å²) in [5.74, 6) is 0.319. The zero-order valence-electron chi connectivity index (χ0n) is 17.1. The number of aromatic nitrogens is 2. The Balaban J connectivity index is 1.60. The smallest absolute Gasteiger partial charge is 0.253 e. The third-order valence-corrected chi connectivity index (χ3v) is 5.15. The third-order valence-electron chi connectivity index (χ3n) is 5.15. The Morgan fingerprint density at radius 3 is 2.60 bits per heavy atom. The Bertz CT molecular complexity index is 1110. The van der Waals surface area contributed by atoms with E-state index >= 15 is 0 Å². The average molecular weight is 401 g/mol. The highest BCUT2D eigenvalue weighted by molar-refractivity contribution is 6.00. The van der Waals surface area contributed by atoms with Gasteiger partial charge in [-0.1, -0.05) is 18.2 Å². The number of nitrogens with one attached hydrogen (secondary N) is 2. The fraction of sp³-hybridized carbons (Fsp3) is 0.217. The lowest BCUT2D eigenvalue weighted by molar-refractivity contribution is -0.115. The van der Waals surface area contributed by atoms with E-state index in [9.17, 15) is 9.59 Å². The molecule has 0 saturated heterocycles. The topological polar surface area (TPSA) is 87.2 Å². The molecule has 2 N–H and O–H groups in total. The van der Waals surface area contributed by atoms with Crippen molar-refractivity contribution in [3.63, 3.8) is 0 Å². The van der Waals surface area contributed by atoms with Gasteiger partial charge in [0.1, 0.15) is 0 Å². The highest BCUT2D eigenvalue weighted by Crippen LogP contribution is 2.32. The number of carbonyl (C=O) groups is 2. The van der Waals surface area contributed by atoms with Gasteiger partial charge in [-0.15, -0.1) is 0 Å². The van der Waals surface area contributed by atoms with Gasteiger partial charge in [-0.25, -0.2) is 9.97 Å². The first-order valence-corrected chi connectivity index (χ1v) is 9.82. The van der Waals surface area contributed by atoms with Crippen LogP contribution in [0.15, 0.2) is 54.7 Å². The maximum atomic E-state index is 12.4. The van der Waals surface area contributed by atoms with Gasteiger partial charge in [0.15, 0.2) is 0 Å². The Kier molecular flexibility index (Phi) is 5.18. The van der Waals surface area contributed by atoms with Crippen molar-refractivity contribution < 1.29 is 9.59 Å². The highest BCUT2D eigenvalue weighted by atomic mass is 16.2. The maximum absolute atomic E-state index is 12.4. The number of amides is 2. The number of para-hydroxylation sites is 1. The summed E-state index contributed by atoms with van der Waals surface area (Å²) in [6, 6.07) is 14.9. The Morgan fingerprint density at radius 2 is 1.87 bits per heavy atom. The lowest BCUT2D eigenvalue weighted by Crippen LogP contribution is -2.32. The lowest BCUT2D eigenvalue weighted by Gasteiger charge is -2.21. The number of anilines is 3. The van der Waals surface area contributed by atoms with Crippen LogP contribution in [0.25, 0.3) is 11.3 Å². The number of carbonyl (C=O) groups excluding carboxylic acids is 2. The summed E-state index contributed by atoms with van der Waals surface area (Å²) >= 11 is 0.